The number of carbonyl (C=O) groups excluding carboxylic acids is 1. The smallest absolute Gasteiger partial charge is 0.407 e. The molecule has 1 aliphatic heterocycles. The minimum atomic E-state index is -1.07. The molecule has 1 fully saturated rings. The van der Waals surface area contributed by atoms with Crippen molar-refractivity contribution in [1.82, 2.24) is 9.88 Å². The molecule has 0 bridgehead atoms. The van der Waals surface area contributed by atoms with E-state index < -0.39 is 12.1 Å². The number of pyridine rings is 1. The van der Waals surface area contributed by atoms with Crippen LogP contribution in [0.4, 0.5) is 10.6 Å². The predicted octanol–water partition coefficient (Wildman–Crippen LogP) is 1.53. The summed E-state index contributed by atoms with van der Waals surface area (Å²) in [4.78, 5) is 27.6. The molecule has 7 heteroatoms. The zero-order valence-corrected chi connectivity index (χ0v) is 10.3. The Balaban J connectivity index is 2.00. The topological polar surface area (TPSA) is 82.5 Å². The van der Waals surface area contributed by atoms with Crippen LogP contribution in [-0.4, -0.2) is 39.6 Å². The summed E-state index contributed by atoms with van der Waals surface area (Å²) in [7, 11) is 0. The van der Waals surface area contributed by atoms with Crippen LogP contribution in [0.1, 0.15) is 6.42 Å². The number of likely N-dealkylation sites (tertiary alicyclic amines) is 1. The molecule has 1 aromatic heterocycles. The highest BCUT2D eigenvalue weighted by Gasteiger charge is 2.37. The van der Waals surface area contributed by atoms with E-state index in [4.69, 9.17) is 5.11 Å². The lowest BCUT2D eigenvalue weighted by Gasteiger charge is -2.37. The fourth-order valence-electron chi connectivity index (χ4n) is 1.58. The number of nitrogens with zero attached hydrogens (tertiary/aromatic N) is 2. The fraction of sp³-hybridized carbons (Fsp3) is 0.300. The van der Waals surface area contributed by atoms with Crippen molar-refractivity contribution in [3.8, 4) is 0 Å². The molecule has 1 saturated heterocycles. The molecule has 1 atom stereocenters. The minimum absolute atomic E-state index is 0.343. The number of carboxylic acid groups (broad SMARTS) is 1. The van der Waals surface area contributed by atoms with Crippen LogP contribution in [0.2, 0.25) is 0 Å². The summed E-state index contributed by atoms with van der Waals surface area (Å²) >= 11 is 3.19. The van der Waals surface area contributed by atoms with Crippen LogP contribution in [0.25, 0.3) is 0 Å². The van der Waals surface area contributed by atoms with E-state index in [0.717, 1.165) is 4.90 Å². The Morgan fingerprint density at radius 2 is 2.29 bits per heavy atom. The van der Waals surface area contributed by atoms with Crippen molar-refractivity contribution >= 4 is 33.7 Å². The lowest BCUT2D eigenvalue weighted by atomic mass is 10.0. The third-order valence-electron chi connectivity index (χ3n) is 2.53. The van der Waals surface area contributed by atoms with Crippen LogP contribution in [0.3, 0.4) is 0 Å². The van der Waals surface area contributed by atoms with Gasteiger partial charge in [0.2, 0.25) is 5.91 Å². The Morgan fingerprint density at radius 1 is 1.53 bits per heavy atom. The van der Waals surface area contributed by atoms with Gasteiger partial charge in [-0.15, -0.1) is 0 Å². The second-order valence-electron chi connectivity index (χ2n) is 3.62. The molecule has 0 spiro atoms. The zero-order chi connectivity index (χ0) is 12.4. The van der Waals surface area contributed by atoms with Gasteiger partial charge >= 0.3 is 6.09 Å². The molecule has 0 aliphatic carbocycles. The van der Waals surface area contributed by atoms with Crippen molar-refractivity contribution in [2.24, 2.45) is 0 Å². The van der Waals surface area contributed by atoms with Gasteiger partial charge in [0.05, 0.1) is 0 Å². The van der Waals surface area contributed by atoms with E-state index in [1.807, 2.05) is 0 Å². The average molecular weight is 300 g/mol. The maximum absolute atomic E-state index is 11.7. The van der Waals surface area contributed by atoms with Crippen LogP contribution in [-0.2, 0) is 4.79 Å². The van der Waals surface area contributed by atoms with Crippen LogP contribution in [0, 0.1) is 0 Å². The van der Waals surface area contributed by atoms with Gasteiger partial charge in [-0.1, -0.05) is 6.07 Å². The Morgan fingerprint density at radius 3 is 2.82 bits per heavy atom. The number of amides is 2. The number of carbonyl (C=O) groups is 2. The number of halogens is 1. The maximum Gasteiger partial charge on any atom is 0.407 e. The van der Waals surface area contributed by atoms with E-state index in [2.05, 4.69) is 26.2 Å². The van der Waals surface area contributed by atoms with Gasteiger partial charge in [-0.05, 0) is 34.5 Å². The van der Waals surface area contributed by atoms with Gasteiger partial charge in [0.25, 0.3) is 0 Å². The van der Waals surface area contributed by atoms with Crippen LogP contribution in [0.15, 0.2) is 22.8 Å². The van der Waals surface area contributed by atoms with E-state index in [9.17, 15) is 9.59 Å². The van der Waals surface area contributed by atoms with Gasteiger partial charge in [-0.2, -0.15) is 0 Å². The van der Waals surface area contributed by atoms with Crippen LogP contribution >= 0.6 is 15.9 Å². The standard InChI is InChI=1S/C10H10BrN3O3/c11-7-2-1-3-8(12-7)13-9(15)6-4-5-14(6)10(16)17/h1-3,6H,4-5H2,(H,16,17)(H,12,13,15)/t6-/m0/s1. The SMILES string of the molecule is O=C(Nc1cccc(Br)n1)[C@@H]1CCN1C(=O)O. The van der Waals surface area contributed by atoms with Crippen LogP contribution in [0.5, 0.6) is 0 Å². The second-order valence-corrected chi connectivity index (χ2v) is 4.43. The van der Waals surface area contributed by atoms with Crippen molar-refractivity contribution in [3.05, 3.63) is 22.8 Å². The summed E-state index contributed by atoms with van der Waals surface area (Å²) in [6.45, 7) is 0.402. The molecule has 2 amide bonds. The summed E-state index contributed by atoms with van der Waals surface area (Å²) in [6, 6.07) is 4.52. The second kappa shape index (κ2) is 4.70. The van der Waals surface area contributed by atoms with Crippen molar-refractivity contribution in [3.63, 3.8) is 0 Å². The molecule has 17 heavy (non-hydrogen) atoms. The summed E-state index contributed by atoms with van der Waals surface area (Å²) in [5, 5.41) is 11.4. The van der Waals surface area contributed by atoms with Crippen molar-refractivity contribution in [2.75, 3.05) is 11.9 Å². The zero-order valence-electron chi connectivity index (χ0n) is 8.76. The molecule has 1 aliphatic rings. The summed E-state index contributed by atoms with van der Waals surface area (Å²) in [5.74, 6) is 0.0610. The third kappa shape index (κ3) is 2.55. The molecule has 0 radical (unpaired) electrons. The Labute approximate surface area is 106 Å². The van der Waals surface area contributed by atoms with Crippen molar-refractivity contribution < 1.29 is 14.7 Å². The van der Waals surface area contributed by atoms with Crippen LogP contribution < -0.4 is 5.32 Å². The highest BCUT2D eigenvalue weighted by atomic mass is 79.9. The van der Waals surface area contributed by atoms with Gasteiger partial charge < -0.3 is 10.4 Å². The summed E-state index contributed by atoms with van der Waals surface area (Å²) < 4.78 is 0.610. The van der Waals surface area contributed by atoms with E-state index in [-0.39, 0.29) is 5.91 Å². The van der Waals surface area contributed by atoms with Gasteiger partial charge in [-0.25, -0.2) is 9.78 Å². The van der Waals surface area contributed by atoms with Crippen molar-refractivity contribution in [2.45, 2.75) is 12.5 Å². The highest BCUT2D eigenvalue weighted by Crippen LogP contribution is 2.19. The Hall–Kier alpha value is -1.63. The quantitative estimate of drug-likeness (QED) is 0.812. The molecule has 2 rings (SSSR count). The molecule has 0 aromatic carbocycles. The summed E-state index contributed by atoms with van der Waals surface area (Å²) in [5.41, 5.74) is 0. The first-order chi connectivity index (χ1) is 8.08. The fourth-order valence-corrected chi connectivity index (χ4v) is 1.92. The molecule has 90 valence electrons. The first kappa shape index (κ1) is 11.8. The maximum atomic E-state index is 11.7. The molecule has 0 saturated carbocycles. The summed E-state index contributed by atoms with van der Waals surface area (Å²) in [6.07, 6.45) is -0.523. The Bertz CT molecular complexity index is 466. The molecular formula is C10H10BrN3O3. The van der Waals surface area contributed by atoms with E-state index in [0.29, 0.717) is 23.4 Å². The lowest BCUT2D eigenvalue weighted by Crippen LogP contribution is -2.56. The number of anilines is 1. The van der Waals surface area contributed by atoms with Gasteiger partial charge in [0, 0.05) is 6.54 Å². The monoisotopic (exact) mass is 299 g/mol. The first-order valence-electron chi connectivity index (χ1n) is 5.01. The van der Waals surface area contributed by atoms with E-state index in [1.54, 1.807) is 18.2 Å². The highest BCUT2D eigenvalue weighted by molar-refractivity contribution is 9.10. The number of nitrogens with one attached hydrogen (secondary N) is 1. The average Bonchev–Trinajstić information content (AvgIpc) is 2.13. The Kier molecular flexibility index (Phi) is 3.28. The lowest BCUT2D eigenvalue weighted by molar-refractivity contribution is -0.124. The number of hydrogen-bond acceptors (Lipinski definition) is 3. The number of hydrogen-bond donors (Lipinski definition) is 2. The first-order valence-corrected chi connectivity index (χ1v) is 5.80. The molecular weight excluding hydrogens is 290 g/mol. The van der Waals surface area contributed by atoms with Gasteiger partial charge in [0.1, 0.15) is 16.5 Å². The van der Waals surface area contributed by atoms with E-state index in [1.165, 1.54) is 0 Å². The molecule has 2 N–H and O–H groups in total. The molecule has 6 nitrogen and oxygen atoms in total. The molecule has 1 aromatic rings. The molecule has 2 heterocycles. The normalized spacial score (nSPS) is 18.4. The van der Waals surface area contributed by atoms with Gasteiger partial charge in [-0.3, -0.25) is 9.69 Å². The predicted molar refractivity (Wildman–Crippen MR) is 63.7 cm³/mol. The molecule has 0 unspecified atom stereocenters. The third-order valence-corrected chi connectivity index (χ3v) is 2.98. The van der Waals surface area contributed by atoms with Crippen molar-refractivity contribution in [1.29, 1.82) is 0 Å². The minimum Gasteiger partial charge on any atom is -0.465 e. The van der Waals surface area contributed by atoms with Gasteiger partial charge in [0.15, 0.2) is 0 Å². The largest absolute Gasteiger partial charge is 0.465 e. The van der Waals surface area contributed by atoms with E-state index >= 15 is 0 Å². The number of rotatable bonds is 2. The number of aromatic nitrogens is 1.